The third-order valence-corrected chi connectivity index (χ3v) is 5.58. The van der Waals surface area contributed by atoms with Crippen molar-refractivity contribution in [2.24, 2.45) is 16.6 Å². The number of benzene rings is 1. The number of guanidine groups is 1. The monoisotopic (exact) mass is 399 g/mol. The van der Waals surface area contributed by atoms with Crippen LogP contribution < -0.4 is 11.1 Å². The lowest BCUT2D eigenvalue weighted by molar-refractivity contribution is 0.0925. The van der Waals surface area contributed by atoms with Crippen LogP contribution >= 0.6 is 23.2 Å². The van der Waals surface area contributed by atoms with E-state index < -0.39 is 0 Å². The Morgan fingerprint density at radius 2 is 1.85 bits per heavy atom. The van der Waals surface area contributed by atoms with Gasteiger partial charge in [0.2, 0.25) is 0 Å². The topological polar surface area (TPSA) is 56.9 Å². The first kappa shape index (κ1) is 21.3. The predicted octanol–water partition coefficient (Wildman–Crippen LogP) is 3.23. The highest BCUT2D eigenvalue weighted by atomic mass is 35.5. The molecule has 1 fully saturated rings. The highest BCUT2D eigenvalue weighted by Crippen LogP contribution is 2.26. The number of piperazine rings is 1. The molecule has 0 radical (unpaired) electrons. The molecule has 2 atom stereocenters. The predicted molar refractivity (Wildman–Crippen MR) is 112 cm³/mol. The second kappa shape index (κ2) is 9.79. The molecule has 1 heterocycles. The van der Waals surface area contributed by atoms with E-state index in [4.69, 9.17) is 28.9 Å². The van der Waals surface area contributed by atoms with Gasteiger partial charge in [0.1, 0.15) is 0 Å². The van der Waals surface area contributed by atoms with E-state index in [9.17, 15) is 0 Å². The zero-order valence-corrected chi connectivity index (χ0v) is 17.7. The van der Waals surface area contributed by atoms with Gasteiger partial charge in [0.15, 0.2) is 5.96 Å². The molecular weight excluding hydrogens is 369 g/mol. The number of aliphatic imine (C=N–C) groups is 1. The molecule has 2 rings (SSSR count). The number of nitrogens with zero attached hydrogens (tertiary/aromatic N) is 3. The van der Waals surface area contributed by atoms with Gasteiger partial charge in [0, 0.05) is 42.3 Å². The van der Waals surface area contributed by atoms with Crippen molar-refractivity contribution in [3.8, 4) is 0 Å². The molecule has 0 spiro atoms. The molecule has 0 saturated carbocycles. The molecule has 1 saturated heterocycles. The second-order valence-electron chi connectivity index (χ2n) is 7.41. The molecule has 1 aromatic carbocycles. The lowest BCUT2D eigenvalue weighted by atomic mass is 10.0. The standard InChI is InChI=1S/C19H31Cl2N5/c1-13(2)18(26-9-7-25(4)8-10-26)12-23-19(22)24-14(3)16-6-5-15(20)11-17(16)21/h5-6,11,13-14,18H,7-10,12H2,1-4H3,(H3,22,23,24). The second-order valence-corrected chi connectivity index (χ2v) is 8.25. The van der Waals surface area contributed by atoms with Gasteiger partial charge in [-0.05, 0) is 37.6 Å². The van der Waals surface area contributed by atoms with E-state index in [2.05, 4.69) is 41.0 Å². The summed E-state index contributed by atoms with van der Waals surface area (Å²) in [6.07, 6.45) is 0. The molecule has 7 heteroatoms. The quantitative estimate of drug-likeness (QED) is 0.569. The summed E-state index contributed by atoms with van der Waals surface area (Å²) in [6, 6.07) is 5.85. The van der Waals surface area contributed by atoms with E-state index in [1.165, 1.54) is 0 Å². The van der Waals surface area contributed by atoms with Gasteiger partial charge in [-0.1, -0.05) is 43.1 Å². The van der Waals surface area contributed by atoms with Gasteiger partial charge in [0.05, 0.1) is 12.6 Å². The minimum Gasteiger partial charge on any atom is -0.370 e. The first-order valence-corrected chi connectivity index (χ1v) is 9.97. The van der Waals surface area contributed by atoms with Gasteiger partial charge in [-0.3, -0.25) is 9.89 Å². The zero-order chi connectivity index (χ0) is 19.3. The molecular formula is C19H31Cl2N5. The number of hydrogen-bond acceptors (Lipinski definition) is 3. The van der Waals surface area contributed by atoms with Crippen LogP contribution in [0.15, 0.2) is 23.2 Å². The smallest absolute Gasteiger partial charge is 0.189 e. The maximum atomic E-state index is 6.27. The summed E-state index contributed by atoms with van der Waals surface area (Å²) in [6.45, 7) is 11.6. The molecule has 0 bridgehead atoms. The van der Waals surface area contributed by atoms with Gasteiger partial charge in [-0.15, -0.1) is 0 Å². The van der Waals surface area contributed by atoms with Crippen LogP contribution in [0.5, 0.6) is 0 Å². The maximum absolute atomic E-state index is 6.27. The minimum absolute atomic E-state index is 0.0374. The van der Waals surface area contributed by atoms with Crippen LogP contribution in [0.4, 0.5) is 0 Å². The Balaban J connectivity index is 1.96. The molecule has 1 aromatic rings. The largest absolute Gasteiger partial charge is 0.370 e. The number of nitrogens with one attached hydrogen (secondary N) is 1. The summed E-state index contributed by atoms with van der Waals surface area (Å²) >= 11 is 12.2. The van der Waals surface area contributed by atoms with Crippen molar-refractivity contribution in [2.75, 3.05) is 39.8 Å². The summed E-state index contributed by atoms with van der Waals surface area (Å²) < 4.78 is 0. The highest BCUT2D eigenvalue weighted by molar-refractivity contribution is 6.35. The van der Waals surface area contributed by atoms with Crippen LogP contribution in [0.1, 0.15) is 32.4 Å². The van der Waals surface area contributed by atoms with E-state index in [-0.39, 0.29) is 6.04 Å². The molecule has 0 aromatic heterocycles. The Labute approximate surface area is 167 Å². The molecule has 3 N–H and O–H groups in total. The summed E-state index contributed by atoms with van der Waals surface area (Å²) in [5, 5.41) is 4.49. The fourth-order valence-electron chi connectivity index (χ4n) is 3.29. The van der Waals surface area contributed by atoms with E-state index in [0.717, 1.165) is 31.7 Å². The maximum Gasteiger partial charge on any atom is 0.189 e. The number of halogens is 2. The summed E-state index contributed by atoms with van der Waals surface area (Å²) in [4.78, 5) is 9.51. The Kier molecular flexibility index (Phi) is 8.02. The third kappa shape index (κ3) is 6.02. The van der Waals surface area contributed by atoms with Crippen molar-refractivity contribution >= 4 is 29.2 Å². The molecule has 5 nitrogen and oxygen atoms in total. The Bertz CT molecular complexity index is 612. The first-order chi connectivity index (χ1) is 12.3. The molecule has 26 heavy (non-hydrogen) atoms. The molecule has 2 unspecified atom stereocenters. The summed E-state index contributed by atoms with van der Waals surface area (Å²) in [5.74, 6) is 0.974. The molecule has 1 aliphatic heterocycles. The SMILES string of the molecule is CC(NC(N)=NCC(C(C)C)N1CCN(C)CC1)c1ccc(Cl)cc1Cl. The summed E-state index contributed by atoms with van der Waals surface area (Å²) in [7, 11) is 2.17. The number of nitrogens with two attached hydrogens (primary N) is 1. The van der Waals surface area contributed by atoms with Crippen molar-refractivity contribution in [3.05, 3.63) is 33.8 Å². The van der Waals surface area contributed by atoms with Crippen LogP contribution in [-0.4, -0.2) is 61.6 Å². The van der Waals surface area contributed by atoms with Gasteiger partial charge in [0.25, 0.3) is 0 Å². The zero-order valence-electron chi connectivity index (χ0n) is 16.2. The van der Waals surface area contributed by atoms with Crippen molar-refractivity contribution < 1.29 is 0 Å². The minimum atomic E-state index is -0.0374. The van der Waals surface area contributed by atoms with Gasteiger partial charge in [-0.25, -0.2) is 0 Å². The number of hydrogen-bond donors (Lipinski definition) is 2. The number of rotatable bonds is 6. The van der Waals surface area contributed by atoms with Crippen LogP contribution in [-0.2, 0) is 0 Å². The highest BCUT2D eigenvalue weighted by Gasteiger charge is 2.24. The fourth-order valence-corrected chi connectivity index (χ4v) is 3.86. The van der Waals surface area contributed by atoms with Crippen molar-refractivity contribution in [3.63, 3.8) is 0 Å². The van der Waals surface area contributed by atoms with E-state index in [1.807, 2.05) is 19.1 Å². The average Bonchev–Trinajstić information content (AvgIpc) is 2.56. The van der Waals surface area contributed by atoms with E-state index in [1.54, 1.807) is 6.07 Å². The Morgan fingerprint density at radius 1 is 1.19 bits per heavy atom. The average molecular weight is 400 g/mol. The van der Waals surface area contributed by atoms with Crippen LogP contribution in [0, 0.1) is 5.92 Å². The summed E-state index contributed by atoms with van der Waals surface area (Å²) in [5.41, 5.74) is 7.09. The molecule has 0 amide bonds. The van der Waals surface area contributed by atoms with Crippen molar-refractivity contribution in [2.45, 2.75) is 32.9 Å². The van der Waals surface area contributed by atoms with Crippen LogP contribution in [0.3, 0.4) is 0 Å². The Morgan fingerprint density at radius 3 is 2.42 bits per heavy atom. The molecule has 1 aliphatic rings. The normalized spacial score (nSPS) is 19.6. The third-order valence-electron chi connectivity index (χ3n) is 5.02. The van der Waals surface area contributed by atoms with Crippen LogP contribution in [0.25, 0.3) is 0 Å². The fraction of sp³-hybridized carbons (Fsp3) is 0.632. The van der Waals surface area contributed by atoms with Gasteiger partial charge < -0.3 is 16.0 Å². The molecule has 0 aliphatic carbocycles. The Hall–Kier alpha value is -1.01. The van der Waals surface area contributed by atoms with E-state index in [0.29, 0.717) is 34.5 Å². The first-order valence-electron chi connectivity index (χ1n) is 9.22. The number of likely N-dealkylation sites (N-methyl/N-ethyl adjacent to an activating group) is 1. The van der Waals surface area contributed by atoms with Crippen molar-refractivity contribution in [1.82, 2.24) is 15.1 Å². The van der Waals surface area contributed by atoms with Gasteiger partial charge >= 0.3 is 0 Å². The molecule has 146 valence electrons. The lowest BCUT2D eigenvalue weighted by Crippen LogP contribution is -2.52. The van der Waals surface area contributed by atoms with E-state index >= 15 is 0 Å². The van der Waals surface area contributed by atoms with Gasteiger partial charge in [-0.2, -0.15) is 0 Å². The lowest BCUT2D eigenvalue weighted by Gasteiger charge is -2.39. The van der Waals surface area contributed by atoms with Crippen molar-refractivity contribution in [1.29, 1.82) is 0 Å². The van der Waals surface area contributed by atoms with Crippen LogP contribution in [0.2, 0.25) is 10.0 Å².